The topological polar surface area (TPSA) is 46.5 Å². The van der Waals surface area contributed by atoms with Gasteiger partial charge in [-0.1, -0.05) is 73.0 Å². The number of aliphatic hydroxyl groups is 1. The summed E-state index contributed by atoms with van der Waals surface area (Å²) < 4.78 is 5.33. The van der Waals surface area contributed by atoms with Gasteiger partial charge in [0.2, 0.25) is 5.60 Å². The van der Waals surface area contributed by atoms with E-state index >= 15 is 0 Å². The number of carbonyl (C=O) groups is 1. The van der Waals surface area contributed by atoms with Gasteiger partial charge < -0.3 is 9.84 Å². The second-order valence-corrected chi connectivity index (χ2v) is 5.93. The Morgan fingerprint density at radius 2 is 1.39 bits per heavy atom. The highest BCUT2D eigenvalue weighted by molar-refractivity contribution is 5.85. The first-order valence-electron chi connectivity index (χ1n) is 8.02. The van der Waals surface area contributed by atoms with Crippen molar-refractivity contribution in [2.24, 2.45) is 0 Å². The number of aryl methyl sites for hydroxylation is 2. The van der Waals surface area contributed by atoms with Gasteiger partial charge in [-0.25, -0.2) is 4.79 Å². The van der Waals surface area contributed by atoms with Crippen LogP contribution in [0.4, 0.5) is 0 Å². The molecule has 2 aromatic carbocycles. The van der Waals surface area contributed by atoms with Crippen molar-refractivity contribution in [2.45, 2.75) is 39.2 Å². The van der Waals surface area contributed by atoms with Gasteiger partial charge in [-0.3, -0.25) is 0 Å². The average molecular weight is 312 g/mol. The van der Waals surface area contributed by atoms with Gasteiger partial charge in [0.25, 0.3) is 0 Å². The number of rotatable bonds is 6. The zero-order chi connectivity index (χ0) is 16.9. The summed E-state index contributed by atoms with van der Waals surface area (Å²) in [6.07, 6.45) is 1.71. The highest BCUT2D eigenvalue weighted by Gasteiger charge is 2.41. The van der Waals surface area contributed by atoms with Crippen LogP contribution in [0.1, 0.15) is 42.0 Å². The fourth-order valence-electron chi connectivity index (χ4n) is 2.41. The van der Waals surface area contributed by atoms with Crippen molar-refractivity contribution in [3.63, 3.8) is 0 Å². The first kappa shape index (κ1) is 17.2. The van der Waals surface area contributed by atoms with Crippen molar-refractivity contribution in [1.82, 2.24) is 0 Å². The molecule has 3 nitrogen and oxygen atoms in total. The molecule has 0 aliphatic rings. The van der Waals surface area contributed by atoms with Gasteiger partial charge in [-0.2, -0.15) is 0 Å². The summed E-state index contributed by atoms with van der Waals surface area (Å²) in [6, 6.07) is 14.6. The Labute approximate surface area is 137 Å². The summed E-state index contributed by atoms with van der Waals surface area (Å²) in [5, 5.41) is 11.2. The lowest BCUT2D eigenvalue weighted by Gasteiger charge is -2.27. The molecule has 0 saturated heterocycles. The molecule has 1 N–H and O–H groups in total. The van der Waals surface area contributed by atoms with E-state index in [1.54, 1.807) is 24.3 Å². The number of hydrogen-bond donors (Lipinski definition) is 1. The Balaban J connectivity index is 2.43. The molecule has 0 radical (unpaired) electrons. The molecule has 0 saturated carbocycles. The molecule has 0 aliphatic carbocycles. The van der Waals surface area contributed by atoms with Gasteiger partial charge in [0.15, 0.2) is 0 Å². The molecule has 3 heteroatoms. The second kappa shape index (κ2) is 7.42. The van der Waals surface area contributed by atoms with Gasteiger partial charge in [-0.05, 0) is 31.4 Å². The van der Waals surface area contributed by atoms with E-state index in [9.17, 15) is 9.90 Å². The van der Waals surface area contributed by atoms with E-state index in [-0.39, 0.29) is 0 Å². The normalized spacial score (nSPS) is 11.3. The molecule has 2 rings (SSSR count). The van der Waals surface area contributed by atoms with Crippen molar-refractivity contribution in [1.29, 1.82) is 0 Å². The van der Waals surface area contributed by atoms with Crippen LogP contribution in [0.15, 0.2) is 48.5 Å². The zero-order valence-electron chi connectivity index (χ0n) is 14.0. The number of benzene rings is 2. The first-order chi connectivity index (χ1) is 11.0. The SMILES string of the molecule is CCCCOC(=O)C(O)(c1ccc(C)cc1)c1ccc(C)cc1. The Bertz CT molecular complexity index is 596. The van der Waals surface area contributed by atoms with Crippen LogP contribution >= 0.6 is 0 Å². The van der Waals surface area contributed by atoms with Crippen LogP contribution < -0.4 is 0 Å². The molecule has 0 unspecified atom stereocenters. The van der Waals surface area contributed by atoms with E-state index < -0.39 is 11.6 Å². The van der Waals surface area contributed by atoms with Crippen molar-refractivity contribution in [3.8, 4) is 0 Å². The van der Waals surface area contributed by atoms with Crippen LogP contribution in [-0.4, -0.2) is 17.7 Å². The summed E-state index contributed by atoms with van der Waals surface area (Å²) in [4.78, 5) is 12.6. The molecular formula is C20H24O3. The maximum atomic E-state index is 12.6. The lowest BCUT2D eigenvalue weighted by Crippen LogP contribution is -2.38. The summed E-state index contributed by atoms with van der Waals surface area (Å²) in [5.41, 5.74) is 1.40. The third kappa shape index (κ3) is 3.80. The van der Waals surface area contributed by atoms with Crippen molar-refractivity contribution in [2.75, 3.05) is 6.61 Å². The van der Waals surface area contributed by atoms with Gasteiger partial charge in [-0.15, -0.1) is 0 Å². The number of esters is 1. The van der Waals surface area contributed by atoms with Crippen LogP contribution in [-0.2, 0) is 15.1 Å². The molecule has 0 aromatic heterocycles. The lowest BCUT2D eigenvalue weighted by atomic mass is 9.85. The van der Waals surface area contributed by atoms with Crippen LogP contribution in [0.25, 0.3) is 0 Å². The largest absolute Gasteiger partial charge is 0.463 e. The Kier molecular flexibility index (Phi) is 5.56. The highest BCUT2D eigenvalue weighted by Crippen LogP contribution is 2.31. The molecule has 0 aliphatic heterocycles. The molecule has 23 heavy (non-hydrogen) atoms. The summed E-state index contributed by atoms with van der Waals surface area (Å²) in [5.74, 6) is -0.626. The quantitative estimate of drug-likeness (QED) is 0.650. The van der Waals surface area contributed by atoms with E-state index in [0.717, 1.165) is 24.0 Å². The van der Waals surface area contributed by atoms with Crippen molar-refractivity contribution < 1.29 is 14.6 Å². The molecule has 122 valence electrons. The number of unbranched alkanes of at least 4 members (excludes halogenated alkanes) is 1. The van der Waals surface area contributed by atoms with E-state index in [4.69, 9.17) is 4.74 Å². The number of hydrogen-bond acceptors (Lipinski definition) is 3. The molecule has 0 spiro atoms. The van der Waals surface area contributed by atoms with E-state index in [1.165, 1.54) is 0 Å². The second-order valence-electron chi connectivity index (χ2n) is 5.93. The predicted molar refractivity (Wildman–Crippen MR) is 91.2 cm³/mol. The zero-order valence-corrected chi connectivity index (χ0v) is 14.0. The van der Waals surface area contributed by atoms with E-state index in [2.05, 4.69) is 0 Å². The van der Waals surface area contributed by atoms with Gasteiger partial charge in [0.1, 0.15) is 0 Å². The number of ether oxygens (including phenoxy) is 1. The fraction of sp³-hybridized carbons (Fsp3) is 0.350. The van der Waals surface area contributed by atoms with Gasteiger partial charge in [0, 0.05) is 0 Å². The highest BCUT2D eigenvalue weighted by atomic mass is 16.5. The van der Waals surface area contributed by atoms with Crippen molar-refractivity contribution >= 4 is 5.97 Å². The summed E-state index contributed by atoms with van der Waals surface area (Å²) in [6.45, 7) is 6.28. The standard InChI is InChI=1S/C20H24O3/c1-4-5-14-23-19(21)20(22,17-10-6-15(2)7-11-17)18-12-8-16(3)9-13-18/h6-13,22H,4-5,14H2,1-3H3. The minimum absolute atomic E-state index is 0.315. The maximum absolute atomic E-state index is 12.6. The molecule has 0 fully saturated rings. The minimum Gasteiger partial charge on any atom is -0.463 e. The molecule has 0 amide bonds. The summed E-state index contributed by atoms with van der Waals surface area (Å²) >= 11 is 0. The van der Waals surface area contributed by atoms with E-state index in [1.807, 2.05) is 45.0 Å². The average Bonchev–Trinajstić information content (AvgIpc) is 2.55. The smallest absolute Gasteiger partial charge is 0.347 e. The minimum atomic E-state index is -1.78. The predicted octanol–water partition coefficient (Wildman–Crippen LogP) is 3.88. The van der Waals surface area contributed by atoms with Crippen LogP contribution in [0.3, 0.4) is 0 Å². The van der Waals surface area contributed by atoms with Crippen LogP contribution in [0, 0.1) is 13.8 Å². The van der Waals surface area contributed by atoms with Crippen molar-refractivity contribution in [3.05, 3.63) is 70.8 Å². The Hall–Kier alpha value is -2.13. The monoisotopic (exact) mass is 312 g/mol. The Morgan fingerprint density at radius 1 is 0.957 bits per heavy atom. The molecular weight excluding hydrogens is 288 g/mol. The van der Waals surface area contributed by atoms with Gasteiger partial charge >= 0.3 is 5.97 Å². The third-order valence-electron chi connectivity index (χ3n) is 3.97. The molecule has 0 heterocycles. The Morgan fingerprint density at radius 3 is 1.78 bits per heavy atom. The molecule has 2 aromatic rings. The summed E-state index contributed by atoms with van der Waals surface area (Å²) in [7, 11) is 0. The fourth-order valence-corrected chi connectivity index (χ4v) is 2.41. The number of carbonyl (C=O) groups excluding carboxylic acids is 1. The molecule has 0 bridgehead atoms. The first-order valence-corrected chi connectivity index (χ1v) is 8.02. The third-order valence-corrected chi connectivity index (χ3v) is 3.97. The maximum Gasteiger partial charge on any atom is 0.347 e. The van der Waals surface area contributed by atoms with E-state index in [0.29, 0.717) is 17.7 Å². The van der Waals surface area contributed by atoms with Crippen LogP contribution in [0.5, 0.6) is 0 Å². The van der Waals surface area contributed by atoms with Gasteiger partial charge in [0.05, 0.1) is 6.61 Å². The molecule has 0 atom stereocenters. The van der Waals surface area contributed by atoms with Crippen LogP contribution in [0.2, 0.25) is 0 Å². The lowest BCUT2D eigenvalue weighted by molar-refractivity contribution is -0.162.